The van der Waals surface area contributed by atoms with Crippen LogP contribution in [0.4, 0.5) is 0 Å². The standard InChI is InChI=1S/C14H31P/c1-8-10(2)11(3)12(4)13(9-15)14(5,6)7/h10-13H,8-9,15H2,1-7H3. The average Bonchev–Trinajstić information content (AvgIpc) is 2.14. The minimum Gasteiger partial charge on any atom is -0.137 e. The second-order valence-electron chi connectivity index (χ2n) is 6.31. The summed E-state index contributed by atoms with van der Waals surface area (Å²) in [5.74, 6) is 3.31. The van der Waals surface area contributed by atoms with Crippen molar-refractivity contribution < 1.29 is 0 Å². The molecule has 0 bridgehead atoms. The fourth-order valence-electron chi connectivity index (χ4n) is 2.61. The third-order valence-corrected chi connectivity index (χ3v) is 4.88. The van der Waals surface area contributed by atoms with Gasteiger partial charge < -0.3 is 0 Å². The van der Waals surface area contributed by atoms with Crippen LogP contribution in [0.5, 0.6) is 0 Å². The fourth-order valence-corrected chi connectivity index (χ4v) is 3.75. The number of rotatable bonds is 5. The van der Waals surface area contributed by atoms with Gasteiger partial charge in [-0.25, -0.2) is 0 Å². The third-order valence-electron chi connectivity index (χ3n) is 4.37. The smallest absolute Gasteiger partial charge is 0.0302 e. The predicted molar refractivity (Wildman–Crippen MR) is 75.3 cm³/mol. The van der Waals surface area contributed by atoms with Crippen LogP contribution in [0.15, 0.2) is 0 Å². The first-order chi connectivity index (χ1) is 6.75. The highest BCUT2D eigenvalue weighted by molar-refractivity contribution is 7.16. The maximum atomic E-state index is 2.94. The molecule has 92 valence electrons. The number of hydrogen-bond donors (Lipinski definition) is 0. The van der Waals surface area contributed by atoms with Crippen LogP contribution < -0.4 is 0 Å². The van der Waals surface area contributed by atoms with E-state index in [4.69, 9.17) is 0 Å². The highest BCUT2D eigenvalue weighted by atomic mass is 31.0. The highest BCUT2D eigenvalue weighted by Gasteiger charge is 2.32. The van der Waals surface area contributed by atoms with Crippen molar-refractivity contribution in [2.45, 2.75) is 54.9 Å². The molecule has 0 saturated carbocycles. The van der Waals surface area contributed by atoms with Crippen molar-refractivity contribution in [1.29, 1.82) is 0 Å². The summed E-state index contributed by atoms with van der Waals surface area (Å²) in [5, 5.41) is 0. The molecule has 0 heterocycles. The topological polar surface area (TPSA) is 0 Å². The molecule has 0 aliphatic carbocycles. The first kappa shape index (κ1) is 15.4. The van der Waals surface area contributed by atoms with Crippen LogP contribution in [0.1, 0.15) is 54.9 Å². The summed E-state index contributed by atoms with van der Waals surface area (Å²) in [6.45, 7) is 16.7. The normalized spacial score (nSPS) is 20.8. The summed E-state index contributed by atoms with van der Waals surface area (Å²) < 4.78 is 0. The molecule has 5 atom stereocenters. The molecule has 5 unspecified atom stereocenters. The van der Waals surface area contributed by atoms with Crippen molar-refractivity contribution in [2.75, 3.05) is 6.16 Å². The van der Waals surface area contributed by atoms with Crippen molar-refractivity contribution in [1.82, 2.24) is 0 Å². The first-order valence-electron chi connectivity index (χ1n) is 6.45. The summed E-state index contributed by atoms with van der Waals surface area (Å²) >= 11 is 0. The summed E-state index contributed by atoms with van der Waals surface area (Å²) in [6.07, 6.45) is 2.53. The van der Waals surface area contributed by atoms with Crippen LogP contribution in [-0.2, 0) is 0 Å². The molecular weight excluding hydrogens is 199 g/mol. The molecule has 0 aliphatic heterocycles. The molecule has 0 aromatic carbocycles. The molecular formula is C14H31P. The van der Waals surface area contributed by atoms with E-state index >= 15 is 0 Å². The minimum absolute atomic E-state index is 0.433. The highest BCUT2D eigenvalue weighted by Crippen LogP contribution is 2.39. The summed E-state index contributed by atoms with van der Waals surface area (Å²) in [7, 11) is 2.94. The van der Waals surface area contributed by atoms with E-state index in [1.165, 1.54) is 12.6 Å². The summed E-state index contributed by atoms with van der Waals surface area (Å²) in [5.41, 5.74) is 0.433. The van der Waals surface area contributed by atoms with E-state index in [-0.39, 0.29) is 0 Å². The van der Waals surface area contributed by atoms with Crippen molar-refractivity contribution in [3.63, 3.8) is 0 Å². The molecule has 0 aromatic heterocycles. The quantitative estimate of drug-likeness (QED) is 0.593. The average molecular weight is 230 g/mol. The second kappa shape index (κ2) is 6.24. The molecule has 1 heteroatoms. The van der Waals surface area contributed by atoms with Crippen LogP contribution in [0.3, 0.4) is 0 Å². The van der Waals surface area contributed by atoms with Gasteiger partial charge in [-0.2, -0.15) is 0 Å². The van der Waals surface area contributed by atoms with Gasteiger partial charge in [0.25, 0.3) is 0 Å². The fraction of sp³-hybridized carbons (Fsp3) is 1.00. The third kappa shape index (κ3) is 4.43. The minimum atomic E-state index is 0.433. The zero-order valence-corrected chi connectivity index (χ0v) is 13.0. The Morgan fingerprint density at radius 2 is 1.47 bits per heavy atom. The van der Waals surface area contributed by atoms with E-state index in [9.17, 15) is 0 Å². The van der Waals surface area contributed by atoms with Crippen molar-refractivity contribution in [3.05, 3.63) is 0 Å². The predicted octanol–water partition coefficient (Wildman–Crippen LogP) is 4.84. The van der Waals surface area contributed by atoms with Crippen molar-refractivity contribution in [3.8, 4) is 0 Å². The van der Waals surface area contributed by atoms with Gasteiger partial charge in [0.15, 0.2) is 0 Å². The molecule has 0 saturated heterocycles. The molecule has 15 heavy (non-hydrogen) atoms. The molecule has 0 spiro atoms. The van der Waals surface area contributed by atoms with Gasteiger partial charge in [0, 0.05) is 0 Å². The van der Waals surface area contributed by atoms with Crippen molar-refractivity contribution in [2.24, 2.45) is 29.1 Å². The maximum Gasteiger partial charge on any atom is -0.0302 e. The molecule has 0 fully saturated rings. The Hall–Kier alpha value is 0.430. The van der Waals surface area contributed by atoms with Gasteiger partial charge in [0.2, 0.25) is 0 Å². The monoisotopic (exact) mass is 230 g/mol. The molecule has 0 aliphatic rings. The van der Waals surface area contributed by atoms with Gasteiger partial charge in [0.1, 0.15) is 0 Å². The van der Waals surface area contributed by atoms with Crippen LogP contribution in [0.2, 0.25) is 0 Å². The maximum absolute atomic E-state index is 2.94. The van der Waals surface area contributed by atoms with Gasteiger partial charge in [-0.05, 0) is 35.2 Å². The Labute approximate surface area is 99.8 Å². The van der Waals surface area contributed by atoms with Crippen LogP contribution in [-0.4, -0.2) is 6.16 Å². The Morgan fingerprint density at radius 1 is 1.00 bits per heavy atom. The van der Waals surface area contributed by atoms with Gasteiger partial charge >= 0.3 is 0 Å². The zero-order valence-electron chi connectivity index (χ0n) is 11.8. The van der Waals surface area contributed by atoms with Crippen LogP contribution in [0.25, 0.3) is 0 Å². The Morgan fingerprint density at radius 3 is 1.73 bits per heavy atom. The number of hydrogen-bond acceptors (Lipinski definition) is 0. The molecule has 0 radical (unpaired) electrons. The second-order valence-corrected chi connectivity index (χ2v) is 6.78. The molecule has 0 aromatic rings. The summed E-state index contributed by atoms with van der Waals surface area (Å²) in [6, 6.07) is 0. The molecule has 0 rings (SSSR count). The SMILES string of the molecule is CCC(C)C(C)C(C)C(CP)C(C)(C)C. The van der Waals surface area contributed by atoms with E-state index < -0.39 is 0 Å². The Bertz CT molecular complexity index is 169. The van der Waals surface area contributed by atoms with Crippen LogP contribution in [0, 0.1) is 29.1 Å². The van der Waals surface area contributed by atoms with Gasteiger partial charge in [-0.15, -0.1) is 9.24 Å². The largest absolute Gasteiger partial charge is 0.137 e. The van der Waals surface area contributed by atoms with E-state index in [0.717, 1.165) is 23.7 Å². The summed E-state index contributed by atoms with van der Waals surface area (Å²) in [4.78, 5) is 0. The lowest BCUT2D eigenvalue weighted by atomic mass is 9.68. The van der Waals surface area contributed by atoms with Gasteiger partial charge in [-0.1, -0.05) is 54.9 Å². The lowest BCUT2D eigenvalue weighted by Crippen LogP contribution is -2.33. The van der Waals surface area contributed by atoms with Crippen molar-refractivity contribution >= 4 is 9.24 Å². The molecule has 0 N–H and O–H groups in total. The van der Waals surface area contributed by atoms with Gasteiger partial charge in [0.05, 0.1) is 0 Å². The van der Waals surface area contributed by atoms with E-state index in [1.807, 2.05) is 0 Å². The zero-order chi connectivity index (χ0) is 12.2. The van der Waals surface area contributed by atoms with E-state index in [1.54, 1.807) is 0 Å². The van der Waals surface area contributed by atoms with Crippen LogP contribution >= 0.6 is 9.24 Å². The van der Waals surface area contributed by atoms with E-state index in [0.29, 0.717) is 5.41 Å². The lowest BCUT2D eigenvalue weighted by molar-refractivity contribution is 0.121. The van der Waals surface area contributed by atoms with E-state index in [2.05, 4.69) is 57.7 Å². The van der Waals surface area contributed by atoms with Gasteiger partial charge in [-0.3, -0.25) is 0 Å². The Balaban J connectivity index is 4.58. The Kier molecular flexibility index (Phi) is 6.41. The molecule has 0 amide bonds. The molecule has 0 nitrogen and oxygen atoms in total. The lowest BCUT2D eigenvalue weighted by Gasteiger charge is -2.39. The first-order valence-corrected chi connectivity index (χ1v) is 7.27.